The average Bonchev–Trinajstić information content (AvgIpc) is 2.36. The monoisotopic (exact) mass is 274 g/mol. The molecule has 0 radical (unpaired) electrons. The number of methoxy groups -OCH3 is 2. The second-order valence-corrected chi connectivity index (χ2v) is 5.71. The zero-order valence-electron chi connectivity index (χ0n) is 13.6. The van der Waals surface area contributed by atoms with Crippen molar-refractivity contribution >= 4 is 0 Å². The van der Waals surface area contributed by atoms with Gasteiger partial charge in [0.05, 0.1) is 6.61 Å². The summed E-state index contributed by atoms with van der Waals surface area (Å²) in [6, 6.07) is 0. The normalized spacial score (nSPS) is 14.8. The highest BCUT2D eigenvalue weighted by atomic mass is 16.5. The van der Waals surface area contributed by atoms with Crippen LogP contribution < -0.4 is 5.32 Å². The molecule has 0 amide bonds. The predicted molar refractivity (Wildman–Crippen MR) is 81.8 cm³/mol. The van der Waals surface area contributed by atoms with E-state index in [1.165, 1.54) is 12.8 Å². The fraction of sp³-hybridized carbons (Fsp3) is 1.00. The van der Waals surface area contributed by atoms with Gasteiger partial charge in [-0.1, -0.05) is 20.3 Å². The van der Waals surface area contributed by atoms with Gasteiger partial charge in [0.1, 0.15) is 0 Å². The molecule has 0 aromatic carbocycles. The number of nitrogens with one attached hydrogen (secondary N) is 1. The molecule has 0 aliphatic carbocycles. The molecule has 0 spiro atoms. The van der Waals surface area contributed by atoms with E-state index in [9.17, 15) is 0 Å². The molecular formula is C15H34N2O2. The Labute approximate surface area is 119 Å². The second kappa shape index (κ2) is 11.6. The van der Waals surface area contributed by atoms with E-state index in [2.05, 4.69) is 24.1 Å². The van der Waals surface area contributed by atoms with Crippen LogP contribution in [-0.2, 0) is 9.47 Å². The van der Waals surface area contributed by atoms with E-state index in [0.717, 1.165) is 45.8 Å². The quantitative estimate of drug-likeness (QED) is 0.521. The van der Waals surface area contributed by atoms with Gasteiger partial charge in [0.25, 0.3) is 0 Å². The Kier molecular flexibility index (Phi) is 11.6. The molecule has 0 aliphatic heterocycles. The average molecular weight is 274 g/mol. The van der Waals surface area contributed by atoms with Crippen LogP contribution in [0.2, 0.25) is 0 Å². The van der Waals surface area contributed by atoms with E-state index >= 15 is 0 Å². The molecule has 4 heteroatoms. The summed E-state index contributed by atoms with van der Waals surface area (Å²) in [7, 11) is 5.58. The molecule has 0 aliphatic rings. The molecule has 0 saturated heterocycles. The van der Waals surface area contributed by atoms with E-state index in [1.807, 2.05) is 7.05 Å². The lowest BCUT2D eigenvalue weighted by atomic mass is 9.84. The Morgan fingerprint density at radius 3 is 2.32 bits per heavy atom. The van der Waals surface area contributed by atoms with Gasteiger partial charge in [-0.15, -0.1) is 0 Å². The van der Waals surface area contributed by atoms with Gasteiger partial charge in [-0.3, -0.25) is 0 Å². The molecule has 0 rings (SSSR count). The van der Waals surface area contributed by atoms with Crippen LogP contribution in [0, 0.1) is 5.41 Å². The van der Waals surface area contributed by atoms with Crippen LogP contribution >= 0.6 is 0 Å². The van der Waals surface area contributed by atoms with Gasteiger partial charge in [-0.05, 0) is 25.3 Å². The van der Waals surface area contributed by atoms with E-state index in [4.69, 9.17) is 9.47 Å². The number of rotatable bonds is 13. The summed E-state index contributed by atoms with van der Waals surface area (Å²) in [5.41, 5.74) is 0.338. The van der Waals surface area contributed by atoms with E-state index in [0.29, 0.717) is 5.41 Å². The molecule has 0 heterocycles. The Balaban J connectivity index is 4.36. The zero-order valence-corrected chi connectivity index (χ0v) is 13.6. The van der Waals surface area contributed by atoms with Crippen LogP contribution in [-0.4, -0.2) is 65.6 Å². The van der Waals surface area contributed by atoms with E-state index in [1.54, 1.807) is 14.2 Å². The fourth-order valence-corrected chi connectivity index (χ4v) is 2.72. The SMILES string of the molecule is CCCC(C)(CNC)CN(CCCOC)CCOC. The van der Waals surface area contributed by atoms with Gasteiger partial charge in [0.15, 0.2) is 0 Å². The van der Waals surface area contributed by atoms with Crippen LogP contribution in [0.3, 0.4) is 0 Å². The number of nitrogens with zero attached hydrogens (tertiary/aromatic N) is 1. The number of hydrogen-bond acceptors (Lipinski definition) is 4. The Hall–Kier alpha value is -0.160. The van der Waals surface area contributed by atoms with Gasteiger partial charge in [0.2, 0.25) is 0 Å². The van der Waals surface area contributed by atoms with Crippen molar-refractivity contribution in [1.82, 2.24) is 10.2 Å². The summed E-state index contributed by atoms with van der Waals surface area (Å²) in [6.45, 7) is 10.5. The molecule has 0 bridgehead atoms. The van der Waals surface area contributed by atoms with Crippen LogP contribution in [0.15, 0.2) is 0 Å². The number of ether oxygens (including phenoxy) is 2. The lowest BCUT2D eigenvalue weighted by molar-refractivity contribution is 0.0965. The Morgan fingerprint density at radius 2 is 1.79 bits per heavy atom. The third-order valence-electron chi connectivity index (χ3n) is 3.50. The van der Waals surface area contributed by atoms with Crippen LogP contribution in [0.4, 0.5) is 0 Å². The molecular weight excluding hydrogens is 240 g/mol. The summed E-state index contributed by atoms with van der Waals surface area (Å²) in [5.74, 6) is 0. The molecule has 116 valence electrons. The first-order valence-corrected chi connectivity index (χ1v) is 7.46. The van der Waals surface area contributed by atoms with Gasteiger partial charge in [-0.25, -0.2) is 0 Å². The summed E-state index contributed by atoms with van der Waals surface area (Å²) in [4.78, 5) is 2.51. The van der Waals surface area contributed by atoms with Crippen molar-refractivity contribution in [2.75, 3.05) is 60.7 Å². The molecule has 1 unspecified atom stereocenters. The zero-order chi connectivity index (χ0) is 14.6. The molecule has 0 aromatic heterocycles. The summed E-state index contributed by atoms with van der Waals surface area (Å²) >= 11 is 0. The van der Waals surface area contributed by atoms with Crippen LogP contribution in [0.1, 0.15) is 33.1 Å². The van der Waals surface area contributed by atoms with Crippen molar-refractivity contribution in [3.63, 3.8) is 0 Å². The van der Waals surface area contributed by atoms with Crippen molar-refractivity contribution in [3.05, 3.63) is 0 Å². The molecule has 1 atom stereocenters. The maximum Gasteiger partial charge on any atom is 0.0589 e. The van der Waals surface area contributed by atoms with Crippen molar-refractivity contribution in [2.24, 2.45) is 5.41 Å². The second-order valence-electron chi connectivity index (χ2n) is 5.71. The minimum Gasteiger partial charge on any atom is -0.385 e. The highest BCUT2D eigenvalue weighted by Crippen LogP contribution is 2.24. The van der Waals surface area contributed by atoms with Gasteiger partial charge < -0.3 is 19.7 Å². The van der Waals surface area contributed by atoms with Crippen molar-refractivity contribution in [2.45, 2.75) is 33.1 Å². The van der Waals surface area contributed by atoms with Crippen molar-refractivity contribution in [1.29, 1.82) is 0 Å². The van der Waals surface area contributed by atoms with Gasteiger partial charge >= 0.3 is 0 Å². The topological polar surface area (TPSA) is 33.7 Å². The first-order valence-electron chi connectivity index (χ1n) is 7.46. The van der Waals surface area contributed by atoms with Gasteiger partial charge in [-0.2, -0.15) is 0 Å². The molecule has 0 aromatic rings. The Bertz CT molecular complexity index is 195. The van der Waals surface area contributed by atoms with Crippen LogP contribution in [0.25, 0.3) is 0 Å². The lowest BCUT2D eigenvalue weighted by Crippen LogP contribution is -2.43. The minimum absolute atomic E-state index is 0.338. The summed E-state index contributed by atoms with van der Waals surface area (Å²) < 4.78 is 10.4. The fourth-order valence-electron chi connectivity index (χ4n) is 2.72. The predicted octanol–water partition coefficient (Wildman–Crippen LogP) is 2.00. The highest BCUT2D eigenvalue weighted by molar-refractivity contribution is 4.80. The van der Waals surface area contributed by atoms with E-state index < -0.39 is 0 Å². The molecule has 19 heavy (non-hydrogen) atoms. The summed E-state index contributed by atoms with van der Waals surface area (Å²) in [6.07, 6.45) is 3.57. The van der Waals surface area contributed by atoms with Gasteiger partial charge in [0, 0.05) is 47.0 Å². The summed E-state index contributed by atoms with van der Waals surface area (Å²) in [5, 5.41) is 3.34. The molecule has 0 saturated carbocycles. The third kappa shape index (κ3) is 9.38. The maximum atomic E-state index is 5.22. The largest absolute Gasteiger partial charge is 0.385 e. The first-order chi connectivity index (χ1) is 9.11. The molecule has 0 fully saturated rings. The van der Waals surface area contributed by atoms with Crippen LogP contribution in [0.5, 0.6) is 0 Å². The Morgan fingerprint density at radius 1 is 1.11 bits per heavy atom. The smallest absolute Gasteiger partial charge is 0.0589 e. The highest BCUT2D eigenvalue weighted by Gasteiger charge is 2.25. The van der Waals surface area contributed by atoms with Crippen molar-refractivity contribution in [3.8, 4) is 0 Å². The van der Waals surface area contributed by atoms with Crippen molar-refractivity contribution < 1.29 is 9.47 Å². The third-order valence-corrected chi connectivity index (χ3v) is 3.50. The maximum absolute atomic E-state index is 5.22. The first kappa shape index (κ1) is 18.8. The minimum atomic E-state index is 0.338. The molecule has 1 N–H and O–H groups in total. The number of hydrogen-bond donors (Lipinski definition) is 1. The molecule has 4 nitrogen and oxygen atoms in total. The van der Waals surface area contributed by atoms with E-state index in [-0.39, 0.29) is 0 Å². The lowest BCUT2D eigenvalue weighted by Gasteiger charge is -2.35. The standard InChI is InChI=1S/C15H34N2O2/c1-6-8-15(2,13-16-3)14-17(10-12-19-5)9-7-11-18-4/h16H,6-14H2,1-5H3.